The summed E-state index contributed by atoms with van der Waals surface area (Å²) in [6.07, 6.45) is 1.01. The molecule has 0 saturated carbocycles. The van der Waals surface area contributed by atoms with Crippen molar-refractivity contribution in [3.63, 3.8) is 0 Å². The number of rotatable bonds is 7. The van der Waals surface area contributed by atoms with Gasteiger partial charge in [0.25, 0.3) is 0 Å². The van der Waals surface area contributed by atoms with E-state index in [-0.39, 0.29) is 5.41 Å². The minimum atomic E-state index is -0.00234. The zero-order valence-corrected chi connectivity index (χ0v) is 15.7. The summed E-state index contributed by atoms with van der Waals surface area (Å²) in [6.45, 7) is 6.13. The average molecular weight is 346 g/mol. The smallest absolute Gasteiger partial charge is 0.191 e. The van der Waals surface area contributed by atoms with Crippen LogP contribution in [0.5, 0.6) is 5.75 Å². The topological polar surface area (TPSA) is 45.7 Å². The van der Waals surface area contributed by atoms with E-state index < -0.39 is 0 Å². The molecule has 0 amide bonds. The second-order valence-electron chi connectivity index (χ2n) is 6.29. The van der Waals surface area contributed by atoms with Gasteiger partial charge in [-0.05, 0) is 35.6 Å². The molecule has 2 rings (SSSR count). The molecule has 4 nitrogen and oxygen atoms in total. The fourth-order valence-corrected chi connectivity index (χ4v) is 3.14. The first-order valence-electron chi connectivity index (χ1n) is 8.16. The average Bonchev–Trinajstić information content (AvgIpc) is 3.11. The number of nitrogens with zero attached hydrogens (tertiary/aromatic N) is 1. The Morgan fingerprint density at radius 3 is 2.50 bits per heavy atom. The molecular formula is C19H27N3OS. The van der Waals surface area contributed by atoms with Crippen LogP contribution in [0.1, 0.15) is 24.3 Å². The largest absolute Gasteiger partial charge is 0.497 e. The lowest BCUT2D eigenvalue weighted by atomic mass is 9.84. The lowest BCUT2D eigenvalue weighted by Gasteiger charge is -2.27. The van der Waals surface area contributed by atoms with E-state index in [0.29, 0.717) is 0 Å². The molecule has 2 N–H and O–H groups in total. The lowest BCUT2D eigenvalue weighted by Crippen LogP contribution is -2.44. The Kier molecular flexibility index (Phi) is 6.67. The van der Waals surface area contributed by atoms with E-state index in [1.54, 1.807) is 25.5 Å². The van der Waals surface area contributed by atoms with Crippen molar-refractivity contribution in [3.8, 4) is 5.75 Å². The Bertz CT molecular complexity index is 633. The first-order chi connectivity index (χ1) is 11.5. The maximum absolute atomic E-state index is 5.23. The zero-order valence-electron chi connectivity index (χ0n) is 14.9. The van der Waals surface area contributed by atoms with Crippen LogP contribution in [0.15, 0.2) is 46.8 Å². The van der Waals surface area contributed by atoms with Gasteiger partial charge in [-0.1, -0.05) is 32.0 Å². The van der Waals surface area contributed by atoms with Crippen LogP contribution in [-0.4, -0.2) is 33.2 Å². The van der Waals surface area contributed by atoms with Gasteiger partial charge >= 0.3 is 0 Å². The summed E-state index contributed by atoms with van der Waals surface area (Å²) in [7, 11) is 3.49. The van der Waals surface area contributed by atoms with Crippen LogP contribution < -0.4 is 15.4 Å². The number of benzene rings is 1. The van der Waals surface area contributed by atoms with Crippen molar-refractivity contribution >= 4 is 17.3 Å². The molecule has 0 spiro atoms. The molecule has 2 aromatic rings. The first-order valence-corrected chi connectivity index (χ1v) is 9.04. The Morgan fingerprint density at radius 2 is 1.92 bits per heavy atom. The molecule has 0 fully saturated rings. The Balaban J connectivity index is 1.84. The number of thiophene rings is 1. The van der Waals surface area contributed by atoms with E-state index in [0.717, 1.165) is 31.2 Å². The Labute approximate surface area is 149 Å². The van der Waals surface area contributed by atoms with Crippen molar-refractivity contribution in [2.45, 2.75) is 25.7 Å². The molecule has 0 aliphatic heterocycles. The van der Waals surface area contributed by atoms with Gasteiger partial charge in [-0.25, -0.2) is 0 Å². The number of methoxy groups -OCH3 is 1. The number of hydrogen-bond acceptors (Lipinski definition) is 3. The Morgan fingerprint density at radius 1 is 1.17 bits per heavy atom. The summed E-state index contributed by atoms with van der Waals surface area (Å²) in [6, 6.07) is 12.5. The van der Waals surface area contributed by atoms with Crippen molar-refractivity contribution in [1.82, 2.24) is 10.6 Å². The monoisotopic (exact) mass is 345 g/mol. The molecular weight excluding hydrogens is 318 g/mol. The van der Waals surface area contributed by atoms with E-state index in [9.17, 15) is 0 Å². The predicted octanol–water partition coefficient (Wildman–Crippen LogP) is 3.44. The van der Waals surface area contributed by atoms with Crippen molar-refractivity contribution < 1.29 is 4.74 Å². The van der Waals surface area contributed by atoms with Crippen LogP contribution in [0.3, 0.4) is 0 Å². The second-order valence-corrected chi connectivity index (χ2v) is 7.33. The van der Waals surface area contributed by atoms with Gasteiger partial charge in [0, 0.05) is 30.4 Å². The summed E-state index contributed by atoms with van der Waals surface area (Å²) in [5, 5.41) is 8.91. The summed E-state index contributed by atoms with van der Waals surface area (Å²) in [5.41, 5.74) is 1.27. The molecule has 0 aliphatic carbocycles. The normalized spacial score (nSPS) is 12.1. The molecule has 0 radical (unpaired) electrons. The molecule has 0 unspecified atom stereocenters. The van der Waals surface area contributed by atoms with Crippen LogP contribution >= 0.6 is 11.3 Å². The van der Waals surface area contributed by atoms with Gasteiger partial charge in [-0.15, -0.1) is 11.3 Å². The molecule has 0 saturated heterocycles. The van der Waals surface area contributed by atoms with Crippen molar-refractivity contribution in [2.24, 2.45) is 4.99 Å². The van der Waals surface area contributed by atoms with Gasteiger partial charge < -0.3 is 15.4 Å². The molecule has 1 aromatic carbocycles. The maximum Gasteiger partial charge on any atom is 0.191 e. The van der Waals surface area contributed by atoms with Crippen LogP contribution in [0.2, 0.25) is 0 Å². The number of guanidine groups is 1. The van der Waals surface area contributed by atoms with Crippen LogP contribution in [0.25, 0.3) is 0 Å². The number of hydrogen-bond donors (Lipinski definition) is 2. The SMILES string of the molecule is CN=C(NCCc1cccs1)NCC(C)(C)c1ccc(OC)cc1. The third-order valence-electron chi connectivity index (χ3n) is 4.04. The van der Waals surface area contributed by atoms with Crippen molar-refractivity contribution in [1.29, 1.82) is 0 Å². The molecule has 130 valence electrons. The molecule has 0 bridgehead atoms. The molecule has 0 atom stereocenters. The summed E-state index contributed by atoms with van der Waals surface area (Å²) in [5.74, 6) is 1.72. The summed E-state index contributed by atoms with van der Waals surface area (Å²) >= 11 is 1.79. The highest BCUT2D eigenvalue weighted by molar-refractivity contribution is 7.09. The van der Waals surface area contributed by atoms with E-state index in [1.807, 2.05) is 12.1 Å². The second kappa shape index (κ2) is 8.73. The van der Waals surface area contributed by atoms with Crippen molar-refractivity contribution in [2.75, 3.05) is 27.2 Å². The van der Waals surface area contributed by atoms with E-state index >= 15 is 0 Å². The maximum atomic E-state index is 5.23. The first kappa shape index (κ1) is 18.3. The Hall–Kier alpha value is -2.01. The van der Waals surface area contributed by atoms with Crippen LogP contribution in [0, 0.1) is 0 Å². The summed E-state index contributed by atoms with van der Waals surface area (Å²) in [4.78, 5) is 5.69. The number of nitrogens with one attached hydrogen (secondary N) is 2. The predicted molar refractivity (Wildman–Crippen MR) is 103 cm³/mol. The van der Waals surface area contributed by atoms with Crippen molar-refractivity contribution in [3.05, 3.63) is 52.2 Å². The molecule has 0 aliphatic rings. The molecule has 5 heteroatoms. The molecule has 1 heterocycles. The van der Waals surface area contributed by atoms with E-state index in [1.165, 1.54) is 10.4 Å². The van der Waals surface area contributed by atoms with Crippen LogP contribution in [-0.2, 0) is 11.8 Å². The van der Waals surface area contributed by atoms with E-state index in [2.05, 4.69) is 59.1 Å². The third-order valence-corrected chi connectivity index (χ3v) is 4.97. The highest BCUT2D eigenvalue weighted by atomic mass is 32.1. The minimum Gasteiger partial charge on any atom is -0.497 e. The molecule has 1 aromatic heterocycles. The van der Waals surface area contributed by atoms with Gasteiger partial charge in [0.2, 0.25) is 0 Å². The third kappa shape index (κ3) is 5.27. The standard InChI is InChI=1S/C19H27N3OS/c1-19(2,15-7-9-16(23-4)10-8-15)14-22-18(20-3)21-12-11-17-6-5-13-24-17/h5-10,13H,11-12,14H2,1-4H3,(H2,20,21,22). The lowest BCUT2D eigenvalue weighted by molar-refractivity contribution is 0.414. The van der Waals surface area contributed by atoms with E-state index in [4.69, 9.17) is 4.74 Å². The number of aliphatic imine (C=N–C) groups is 1. The highest BCUT2D eigenvalue weighted by Crippen LogP contribution is 2.24. The van der Waals surface area contributed by atoms with Gasteiger partial charge in [0.05, 0.1) is 7.11 Å². The van der Waals surface area contributed by atoms with Gasteiger partial charge in [-0.2, -0.15) is 0 Å². The van der Waals surface area contributed by atoms with Gasteiger partial charge in [0.1, 0.15) is 5.75 Å². The van der Waals surface area contributed by atoms with Crippen LogP contribution in [0.4, 0.5) is 0 Å². The number of ether oxygens (including phenoxy) is 1. The van der Waals surface area contributed by atoms with Gasteiger partial charge in [-0.3, -0.25) is 4.99 Å². The minimum absolute atomic E-state index is 0.00234. The fourth-order valence-electron chi connectivity index (χ4n) is 2.43. The quantitative estimate of drug-likeness (QED) is 0.597. The summed E-state index contributed by atoms with van der Waals surface area (Å²) < 4.78 is 5.23. The fraction of sp³-hybridized carbons (Fsp3) is 0.421. The molecule has 24 heavy (non-hydrogen) atoms. The highest BCUT2D eigenvalue weighted by Gasteiger charge is 2.21. The zero-order chi connectivity index (χ0) is 17.4. The van der Waals surface area contributed by atoms with Gasteiger partial charge in [0.15, 0.2) is 5.96 Å².